The van der Waals surface area contributed by atoms with Gasteiger partial charge in [0, 0.05) is 91.7 Å². The number of hydrogen-bond donors (Lipinski definition) is 3. The van der Waals surface area contributed by atoms with Crippen LogP contribution < -0.4 is 30.7 Å². The number of nitrogens with two attached hydrogens (primary N) is 1. The number of aryl methyl sites for hydroxylation is 1. The number of nitrogens with one attached hydrogen (secondary N) is 2. The highest BCUT2D eigenvalue weighted by Crippen LogP contribution is 2.56. The number of ether oxygens (including phenoxy) is 2. The number of carbonyl (C=O) groups excluding carboxylic acids is 4. The Balaban J connectivity index is 0.774. The maximum absolute atomic E-state index is 16.2. The lowest BCUT2D eigenvalue weighted by Crippen LogP contribution is -2.49. The zero-order valence-corrected chi connectivity index (χ0v) is 39.8. The predicted octanol–water partition coefficient (Wildman–Crippen LogP) is 7.75. The molecule has 3 atom stereocenters. The smallest absolute Gasteiger partial charge is 0.329 e. The topological polar surface area (TPSA) is 164 Å². The number of methoxy groups -OCH3 is 1. The van der Waals surface area contributed by atoms with Gasteiger partial charge in [-0.3, -0.25) is 34.2 Å². The molecule has 0 bridgehead atoms. The van der Waals surface area contributed by atoms with Gasteiger partial charge in [0.15, 0.2) is 23.0 Å². The van der Waals surface area contributed by atoms with Gasteiger partial charge in [0.05, 0.1) is 23.2 Å². The normalized spacial score (nSPS) is 24.4. The number of primary amides is 1. The molecule has 5 amide bonds. The lowest BCUT2D eigenvalue weighted by Gasteiger charge is -2.38. The molecule has 14 nitrogen and oxygen atoms in total. The number of hydrogen-bond acceptors (Lipinski definition) is 9. The molecule has 1 aromatic heterocycles. The first-order chi connectivity index (χ1) is 33.3. The van der Waals surface area contributed by atoms with Crippen LogP contribution in [0.3, 0.4) is 0 Å². The van der Waals surface area contributed by atoms with Crippen LogP contribution in [0, 0.1) is 17.6 Å². The van der Waals surface area contributed by atoms with Crippen molar-refractivity contribution in [1.82, 2.24) is 30.2 Å². The zero-order chi connectivity index (χ0) is 48.3. The SMILES string of the molecule is COc1ccc(C(N)=O)c(-c2c(Cl)c(F)cc3c2C(C)C(CNC2CCC(C(=O)N4CCC(N5CCC(c6cccc7c(N8CCC(=O)NC8=O)nn(C)c67)CC5)C4)CC2)(c2ccccc2)O3)c1F. The highest BCUT2D eigenvalue weighted by molar-refractivity contribution is 6.34. The van der Waals surface area contributed by atoms with Gasteiger partial charge in [0.2, 0.25) is 17.7 Å². The van der Waals surface area contributed by atoms with Crippen LogP contribution >= 0.6 is 11.6 Å². The van der Waals surface area contributed by atoms with Crippen LogP contribution in [0.2, 0.25) is 5.02 Å². The predicted molar refractivity (Wildman–Crippen MR) is 258 cm³/mol. The Kier molecular flexibility index (Phi) is 12.6. The summed E-state index contributed by atoms with van der Waals surface area (Å²) in [4.78, 5) is 57.5. The number of carbonyl (C=O) groups is 4. The molecule has 5 heterocycles. The summed E-state index contributed by atoms with van der Waals surface area (Å²) in [5.74, 6) is -2.31. The summed E-state index contributed by atoms with van der Waals surface area (Å²) in [7, 11) is 3.21. The highest BCUT2D eigenvalue weighted by atomic mass is 35.5. The standard InChI is InChI=1S/C52H57ClF2N8O6/c1-29-42-40(26-38(54)45(53)44(42)43-36(48(56)65)16-17-39(68-3)46(43)55)69-52(29,32-8-5-4-6-9-32)28-57-33-14-12-31(13-15-33)50(66)62-24-20-34(27-62)61-22-18-30(19-23-61)35-10-7-11-37-47(35)60(2)59-49(37)63-25-21-41(64)58-51(63)67/h4-11,16-17,26,29-31,33-34,57H,12-15,18-25,27-28H2,1-3H3,(H2,56,65)(H,58,64,67). The van der Waals surface area contributed by atoms with E-state index in [4.69, 9.17) is 31.9 Å². The van der Waals surface area contributed by atoms with Gasteiger partial charge in [-0.15, -0.1) is 0 Å². The van der Waals surface area contributed by atoms with Crippen molar-refractivity contribution >= 4 is 52.1 Å². The second-order valence-electron chi connectivity index (χ2n) is 19.3. The number of amides is 5. The number of nitrogens with zero attached hydrogens (tertiary/aromatic N) is 5. The van der Waals surface area contributed by atoms with E-state index in [1.165, 1.54) is 30.9 Å². The van der Waals surface area contributed by atoms with Gasteiger partial charge in [-0.1, -0.05) is 61.0 Å². The first kappa shape index (κ1) is 46.6. The van der Waals surface area contributed by atoms with E-state index < -0.39 is 35.1 Å². The van der Waals surface area contributed by atoms with Crippen LogP contribution in [0.15, 0.2) is 66.7 Å². The minimum atomic E-state index is -1.07. The molecule has 69 heavy (non-hydrogen) atoms. The van der Waals surface area contributed by atoms with Crippen LogP contribution in [0.1, 0.15) is 97.2 Å². The Morgan fingerprint density at radius 3 is 2.42 bits per heavy atom. The summed E-state index contributed by atoms with van der Waals surface area (Å²) in [5.41, 5.74) is 7.77. The quantitative estimate of drug-likeness (QED) is 0.120. The fourth-order valence-corrected chi connectivity index (χ4v) is 12.2. The van der Waals surface area contributed by atoms with Gasteiger partial charge < -0.3 is 25.4 Å². The maximum atomic E-state index is 16.2. The molecule has 0 spiro atoms. The van der Waals surface area contributed by atoms with Gasteiger partial charge in [-0.05, 0) is 93.3 Å². The molecule has 5 aliphatic rings. The summed E-state index contributed by atoms with van der Waals surface area (Å²) in [6, 6.07) is 19.6. The van der Waals surface area contributed by atoms with Crippen molar-refractivity contribution in [2.45, 2.75) is 87.8 Å². The van der Waals surface area contributed by atoms with Crippen molar-refractivity contribution in [3.8, 4) is 22.6 Å². The molecule has 0 radical (unpaired) electrons. The molecule has 10 rings (SSSR count). The summed E-state index contributed by atoms with van der Waals surface area (Å²) < 4.78 is 46.0. The van der Waals surface area contributed by atoms with Crippen molar-refractivity contribution < 1.29 is 37.4 Å². The molecule has 362 valence electrons. The van der Waals surface area contributed by atoms with E-state index in [2.05, 4.69) is 26.5 Å². The zero-order valence-electron chi connectivity index (χ0n) is 39.0. The fraction of sp³-hybridized carbons (Fsp3) is 0.442. The monoisotopic (exact) mass is 962 g/mol. The first-order valence-corrected chi connectivity index (χ1v) is 24.4. The van der Waals surface area contributed by atoms with Crippen LogP contribution in [-0.2, 0) is 22.2 Å². The van der Waals surface area contributed by atoms with Crippen molar-refractivity contribution in [2.24, 2.45) is 18.7 Å². The summed E-state index contributed by atoms with van der Waals surface area (Å²) in [5, 5.41) is 11.5. The molecule has 3 unspecified atom stereocenters. The van der Waals surface area contributed by atoms with Gasteiger partial charge in [-0.25, -0.2) is 13.6 Å². The second kappa shape index (κ2) is 18.7. The molecular formula is C52H57ClF2N8O6. The van der Waals surface area contributed by atoms with Gasteiger partial charge in [0.1, 0.15) is 11.6 Å². The number of aromatic nitrogens is 2. The van der Waals surface area contributed by atoms with E-state index in [0.29, 0.717) is 36.4 Å². The summed E-state index contributed by atoms with van der Waals surface area (Å²) in [6.45, 7) is 5.89. The van der Waals surface area contributed by atoms with Gasteiger partial charge >= 0.3 is 6.03 Å². The number of rotatable bonds is 11. The molecule has 1 aliphatic carbocycles. The highest BCUT2D eigenvalue weighted by Gasteiger charge is 2.50. The number of fused-ring (bicyclic) bond motifs is 2. The molecule has 1 saturated carbocycles. The molecule has 5 aromatic rings. The number of piperidine rings is 1. The second-order valence-corrected chi connectivity index (χ2v) is 19.7. The molecule has 4 aliphatic heterocycles. The third kappa shape index (κ3) is 8.27. The van der Waals surface area contributed by atoms with E-state index in [1.54, 1.807) is 4.90 Å². The molecule has 17 heteroatoms. The van der Waals surface area contributed by atoms with E-state index in [-0.39, 0.29) is 63.4 Å². The fourth-order valence-electron chi connectivity index (χ4n) is 11.9. The molecule has 3 saturated heterocycles. The van der Waals surface area contributed by atoms with Crippen molar-refractivity contribution in [1.29, 1.82) is 0 Å². The largest absolute Gasteiger partial charge is 0.494 e. The first-order valence-electron chi connectivity index (χ1n) is 24.0. The van der Waals surface area contributed by atoms with Crippen molar-refractivity contribution in [2.75, 3.05) is 51.3 Å². The van der Waals surface area contributed by atoms with Crippen LogP contribution in [0.25, 0.3) is 22.0 Å². The van der Waals surface area contributed by atoms with Gasteiger partial charge in [-0.2, -0.15) is 5.10 Å². The minimum Gasteiger partial charge on any atom is -0.494 e. The third-order valence-corrected chi connectivity index (χ3v) is 16.0. The molecule has 4 N–H and O–H groups in total. The Labute approximate surface area is 404 Å². The average Bonchev–Trinajstić information content (AvgIpc) is 4.06. The van der Waals surface area contributed by atoms with Crippen molar-refractivity contribution in [3.05, 3.63) is 106 Å². The molecular weight excluding hydrogens is 906 g/mol. The maximum Gasteiger partial charge on any atom is 0.329 e. The van der Waals surface area contributed by atoms with Crippen molar-refractivity contribution in [3.63, 3.8) is 0 Å². The van der Waals surface area contributed by atoms with E-state index in [1.807, 2.05) is 61.1 Å². The van der Waals surface area contributed by atoms with Gasteiger partial charge in [0.25, 0.3) is 0 Å². The molecule has 4 fully saturated rings. The average molecular weight is 964 g/mol. The molecule has 4 aromatic carbocycles. The lowest BCUT2D eigenvalue weighted by atomic mass is 9.77. The van der Waals surface area contributed by atoms with E-state index >= 15 is 8.78 Å². The summed E-state index contributed by atoms with van der Waals surface area (Å²) >= 11 is 6.71. The number of anilines is 1. The van der Waals surface area contributed by atoms with Crippen LogP contribution in [0.4, 0.5) is 19.4 Å². The Bertz CT molecular complexity index is 2850. The number of imide groups is 1. The number of para-hydroxylation sites is 1. The number of urea groups is 1. The summed E-state index contributed by atoms with van der Waals surface area (Å²) in [6.07, 6.45) is 6.19. The number of likely N-dealkylation sites (tertiary alicyclic amines) is 2. The Hall–Kier alpha value is -6.10. The third-order valence-electron chi connectivity index (χ3n) is 15.6. The van der Waals surface area contributed by atoms with Crippen LogP contribution in [0.5, 0.6) is 11.5 Å². The lowest BCUT2D eigenvalue weighted by molar-refractivity contribution is -0.135. The van der Waals surface area contributed by atoms with Crippen LogP contribution in [-0.4, -0.2) is 102 Å². The number of halogens is 3. The number of benzene rings is 4. The Morgan fingerprint density at radius 1 is 0.957 bits per heavy atom. The van der Waals surface area contributed by atoms with E-state index in [9.17, 15) is 19.2 Å². The van der Waals surface area contributed by atoms with E-state index in [0.717, 1.165) is 87.6 Å². The Morgan fingerprint density at radius 2 is 1.71 bits per heavy atom. The minimum absolute atomic E-state index is 0.00412.